The zero-order valence-corrected chi connectivity index (χ0v) is 6.82. The Balaban J connectivity index is 2.92. The maximum absolute atomic E-state index is 5.37. The van der Waals surface area contributed by atoms with Gasteiger partial charge < -0.3 is 10.2 Å². The second-order valence-corrected chi connectivity index (χ2v) is 2.47. The summed E-state index contributed by atoms with van der Waals surface area (Å²) in [5, 5.41) is 0. The highest BCUT2D eigenvalue weighted by Crippen LogP contribution is 2.15. The van der Waals surface area contributed by atoms with Crippen LogP contribution in [0, 0.1) is 6.92 Å². The summed E-state index contributed by atoms with van der Waals surface area (Å²) in [6.07, 6.45) is 0. The number of aryl methyl sites for hydroxylation is 1. The molecule has 0 atom stereocenters. The van der Waals surface area contributed by atoms with Crippen molar-refractivity contribution in [1.29, 1.82) is 0 Å². The van der Waals surface area contributed by atoms with E-state index in [0.717, 1.165) is 22.8 Å². The molecule has 0 saturated heterocycles. The smallest absolute Gasteiger partial charge is 0.118 e. The van der Waals surface area contributed by atoms with E-state index < -0.39 is 0 Å². The van der Waals surface area contributed by atoms with Crippen molar-refractivity contribution in [2.24, 2.45) is 5.73 Å². The molecule has 0 aliphatic rings. The molecule has 0 fully saturated rings. The van der Waals surface area contributed by atoms with Crippen LogP contribution in [0.2, 0.25) is 0 Å². The monoisotopic (exact) mass is 157 g/mol. The number of thiol groups is 1. The van der Waals surface area contributed by atoms with Gasteiger partial charge in [0.25, 0.3) is 0 Å². The zero-order valence-electron chi connectivity index (χ0n) is 5.92. The average molecular weight is 157 g/mol. The number of nitrogens with two attached hydrogens (primary N) is 1. The van der Waals surface area contributed by atoms with Gasteiger partial charge in [-0.15, -0.1) is 0 Å². The van der Waals surface area contributed by atoms with E-state index in [9.17, 15) is 0 Å². The van der Waals surface area contributed by atoms with Gasteiger partial charge in [0.15, 0.2) is 0 Å². The van der Waals surface area contributed by atoms with E-state index in [4.69, 9.17) is 10.2 Å². The molecular weight excluding hydrogens is 146 g/mol. The van der Waals surface area contributed by atoms with Crippen LogP contribution in [0.15, 0.2) is 10.5 Å². The second-order valence-electron chi connectivity index (χ2n) is 2.16. The molecule has 0 amide bonds. The van der Waals surface area contributed by atoms with Gasteiger partial charge in [-0.1, -0.05) is 0 Å². The van der Waals surface area contributed by atoms with E-state index in [2.05, 4.69) is 12.6 Å². The maximum Gasteiger partial charge on any atom is 0.118 e. The molecule has 56 valence electrons. The van der Waals surface area contributed by atoms with Crippen LogP contribution >= 0.6 is 12.6 Å². The highest BCUT2D eigenvalue weighted by Gasteiger charge is 2.02. The van der Waals surface area contributed by atoms with Gasteiger partial charge in [0, 0.05) is 11.3 Å². The largest absolute Gasteiger partial charge is 0.465 e. The molecule has 0 saturated carbocycles. The molecule has 0 bridgehead atoms. The highest BCUT2D eigenvalue weighted by atomic mass is 32.1. The molecule has 1 aromatic rings. The number of furan rings is 1. The summed E-state index contributed by atoms with van der Waals surface area (Å²) in [5.74, 6) is 2.48. The Morgan fingerprint density at radius 1 is 1.70 bits per heavy atom. The molecule has 1 rings (SSSR count). The molecule has 1 heterocycles. The van der Waals surface area contributed by atoms with E-state index >= 15 is 0 Å². The predicted molar refractivity (Wildman–Crippen MR) is 44.0 cm³/mol. The summed E-state index contributed by atoms with van der Waals surface area (Å²) < 4.78 is 5.28. The minimum atomic E-state index is 0.467. The standard InChI is InChI=1S/C7H11NOS/c1-5-6(4-10)2-7(3-8)9-5/h2,10H,3-4,8H2,1H3. The van der Waals surface area contributed by atoms with Crippen LogP contribution in [0.4, 0.5) is 0 Å². The van der Waals surface area contributed by atoms with Gasteiger partial charge in [0.1, 0.15) is 11.5 Å². The van der Waals surface area contributed by atoms with Crippen molar-refractivity contribution < 1.29 is 4.42 Å². The Kier molecular flexibility index (Phi) is 2.40. The molecule has 2 nitrogen and oxygen atoms in total. The van der Waals surface area contributed by atoms with Crippen LogP contribution in [0.25, 0.3) is 0 Å². The maximum atomic E-state index is 5.37. The van der Waals surface area contributed by atoms with Gasteiger partial charge in [-0.3, -0.25) is 0 Å². The number of hydrogen-bond donors (Lipinski definition) is 2. The van der Waals surface area contributed by atoms with Crippen molar-refractivity contribution in [3.63, 3.8) is 0 Å². The summed E-state index contributed by atoms with van der Waals surface area (Å²) in [7, 11) is 0. The Morgan fingerprint density at radius 3 is 2.70 bits per heavy atom. The van der Waals surface area contributed by atoms with Crippen LogP contribution in [0.1, 0.15) is 17.1 Å². The third-order valence-corrected chi connectivity index (χ3v) is 1.78. The van der Waals surface area contributed by atoms with Crippen LogP contribution in [-0.2, 0) is 12.3 Å². The second kappa shape index (κ2) is 3.12. The molecule has 0 spiro atoms. The van der Waals surface area contributed by atoms with Crippen molar-refractivity contribution >= 4 is 12.6 Å². The topological polar surface area (TPSA) is 39.2 Å². The van der Waals surface area contributed by atoms with E-state index in [1.165, 1.54) is 0 Å². The Labute approximate surface area is 65.8 Å². The van der Waals surface area contributed by atoms with Gasteiger partial charge in [-0.25, -0.2) is 0 Å². The lowest BCUT2D eigenvalue weighted by Gasteiger charge is -1.86. The first-order valence-electron chi connectivity index (χ1n) is 3.17. The van der Waals surface area contributed by atoms with Crippen molar-refractivity contribution in [2.75, 3.05) is 0 Å². The van der Waals surface area contributed by atoms with E-state index in [1.54, 1.807) is 0 Å². The minimum Gasteiger partial charge on any atom is -0.465 e. The molecule has 0 unspecified atom stereocenters. The molecule has 0 aromatic carbocycles. The first kappa shape index (κ1) is 7.69. The fraction of sp³-hybridized carbons (Fsp3) is 0.429. The van der Waals surface area contributed by atoms with Crippen molar-refractivity contribution in [1.82, 2.24) is 0 Å². The fourth-order valence-electron chi connectivity index (χ4n) is 0.845. The quantitative estimate of drug-likeness (QED) is 0.638. The first-order chi connectivity index (χ1) is 4.77. The Hall–Kier alpha value is -0.410. The fourth-order valence-corrected chi connectivity index (χ4v) is 1.16. The molecule has 3 heteroatoms. The Morgan fingerprint density at radius 2 is 2.40 bits per heavy atom. The SMILES string of the molecule is Cc1oc(CN)cc1CS. The molecule has 2 N–H and O–H groups in total. The highest BCUT2D eigenvalue weighted by molar-refractivity contribution is 7.79. The number of hydrogen-bond acceptors (Lipinski definition) is 3. The summed E-state index contributed by atoms with van der Waals surface area (Å²) in [6.45, 7) is 2.39. The van der Waals surface area contributed by atoms with Gasteiger partial charge in [-0.05, 0) is 13.0 Å². The van der Waals surface area contributed by atoms with Crippen LogP contribution < -0.4 is 5.73 Å². The van der Waals surface area contributed by atoms with Gasteiger partial charge in [0.2, 0.25) is 0 Å². The third-order valence-electron chi connectivity index (χ3n) is 1.44. The van der Waals surface area contributed by atoms with Crippen LogP contribution in [0.5, 0.6) is 0 Å². The Bertz CT molecular complexity index is 219. The zero-order chi connectivity index (χ0) is 7.56. The van der Waals surface area contributed by atoms with Gasteiger partial charge >= 0.3 is 0 Å². The van der Waals surface area contributed by atoms with Gasteiger partial charge in [-0.2, -0.15) is 12.6 Å². The van der Waals surface area contributed by atoms with Crippen LogP contribution in [0.3, 0.4) is 0 Å². The summed E-state index contributed by atoms with van der Waals surface area (Å²) in [5.41, 5.74) is 6.50. The first-order valence-corrected chi connectivity index (χ1v) is 3.80. The molecule has 10 heavy (non-hydrogen) atoms. The third kappa shape index (κ3) is 1.36. The molecule has 1 aromatic heterocycles. The van der Waals surface area contributed by atoms with Crippen LogP contribution in [-0.4, -0.2) is 0 Å². The average Bonchev–Trinajstić information content (AvgIpc) is 2.30. The predicted octanol–water partition coefficient (Wildman–Crippen LogP) is 1.48. The molecule has 0 aliphatic carbocycles. The number of rotatable bonds is 2. The lowest BCUT2D eigenvalue weighted by atomic mass is 10.3. The molecule has 0 radical (unpaired) electrons. The summed E-state index contributed by atoms with van der Waals surface area (Å²) in [6, 6.07) is 1.95. The van der Waals surface area contributed by atoms with E-state index in [0.29, 0.717) is 6.54 Å². The van der Waals surface area contributed by atoms with Gasteiger partial charge in [0.05, 0.1) is 6.54 Å². The normalized spacial score (nSPS) is 10.3. The van der Waals surface area contributed by atoms with E-state index in [1.807, 2.05) is 13.0 Å². The summed E-state index contributed by atoms with van der Waals surface area (Å²) in [4.78, 5) is 0. The molecule has 0 aliphatic heterocycles. The van der Waals surface area contributed by atoms with E-state index in [-0.39, 0.29) is 0 Å². The minimum absolute atomic E-state index is 0.467. The van der Waals surface area contributed by atoms with Crippen molar-refractivity contribution in [2.45, 2.75) is 19.2 Å². The lowest BCUT2D eigenvalue weighted by molar-refractivity contribution is 0.484. The molecular formula is C7H11NOS. The summed E-state index contributed by atoms with van der Waals surface area (Å²) >= 11 is 4.13. The van der Waals surface area contributed by atoms with Crippen molar-refractivity contribution in [3.05, 3.63) is 23.2 Å². The van der Waals surface area contributed by atoms with Crippen molar-refractivity contribution in [3.8, 4) is 0 Å². The lowest BCUT2D eigenvalue weighted by Crippen LogP contribution is -1.92.